The summed E-state index contributed by atoms with van der Waals surface area (Å²) in [4.78, 5) is 11.8. The lowest BCUT2D eigenvalue weighted by atomic mass is 10.1. The average Bonchev–Trinajstić information content (AvgIpc) is 2.84. The van der Waals surface area contributed by atoms with Gasteiger partial charge in [-0.3, -0.25) is 0 Å². The lowest BCUT2D eigenvalue weighted by molar-refractivity contribution is 0.0523. The molecule has 1 aromatic heterocycles. The number of hydrogen-bond acceptors (Lipinski definition) is 4. The molecule has 5 heteroatoms. The Morgan fingerprint density at radius 2 is 2.11 bits per heavy atom. The Kier molecular flexibility index (Phi) is 3.72. The fourth-order valence-electron chi connectivity index (χ4n) is 1.62. The van der Waals surface area contributed by atoms with Crippen LogP contribution in [0.2, 0.25) is 0 Å². The minimum atomic E-state index is -0.895. The zero-order valence-corrected chi connectivity index (χ0v) is 9.85. The summed E-state index contributed by atoms with van der Waals surface area (Å²) in [5.74, 6) is -0.724. The van der Waals surface area contributed by atoms with Gasteiger partial charge in [0.15, 0.2) is 12.4 Å². The van der Waals surface area contributed by atoms with Gasteiger partial charge in [0.2, 0.25) is 0 Å². The second kappa shape index (κ2) is 5.44. The van der Waals surface area contributed by atoms with Crippen LogP contribution in [-0.2, 0) is 11.4 Å². The second-order valence-electron chi connectivity index (χ2n) is 3.55. The molecule has 0 saturated heterocycles. The first kappa shape index (κ1) is 12.3. The predicted molar refractivity (Wildman–Crippen MR) is 62.7 cm³/mol. The number of halogens is 1. The van der Waals surface area contributed by atoms with Crippen LogP contribution < -0.4 is 0 Å². The third-order valence-corrected chi connectivity index (χ3v) is 2.41. The third-order valence-electron chi connectivity index (χ3n) is 2.41. The molecule has 1 heterocycles. The van der Waals surface area contributed by atoms with E-state index in [9.17, 15) is 9.18 Å². The molecule has 0 spiro atoms. The van der Waals surface area contributed by atoms with Crippen molar-refractivity contribution in [2.24, 2.45) is 0 Å². The van der Waals surface area contributed by atoms with Crippen molar-refractivity contribution in [1.29, 1.82) is 0 Å². The van der Waals surface area contributed by atoms with Crippen molar-refractivity contribution < 1.29 is 18.4 Å². The van der Waals surface area contributed by atoms with Crippen LogP contribution in [0.15, 0.2) is 34.9 Å². The Bertz CT molecular complexity index is 536. The van der Waals surface area contributed by atoms with E-state index < -0.39 is 12.6 Å². The van der Waals surface area contributed by atoms with Crippen LogP contribution in [0.5, 0.6) is 0 Å². The van der Waals surface area contributed by atoms with Crippen LogP contribution in [-0.4, -0.2) is 17.7 Å². The Hall–Kier alpha value is -2.17. The molecular formula is C13H12FNO3. The Morgan fingerprint density at radius 3 is 2.72 bits per heavy atom. The SMILES string of the molecule is CCOC(=O)c1c(-c2ccccc2)noc1CF. The molecule has 0 atom stereocenters. The van der Waals surface area contributed by atoms with Crippen molar-refractivity contribution in [2.45, 2.75) is 13.6 Å². The van der Waals surface area contributed by atoms with E-state index in [1.165, 1.54) is 0 Å². The zero-order chi connectivity index (χ0) is 13.0. The van der Waals surface area contributed by atoms with E-state index in [0.29, 0.717) is 11.3 Å². The average molecular weight is 249 g/mol. The van der Waals surface area contributed by atoms with E-state index in [-0.39, 0.29) is 17.9 Å². The summed E-state index contributed by atoms with van der Waals surface area (Å²) >= 11 is 0. The number of nitrogens with zero attached hydrogens (tertiary/aromatic N) is 1. The van der Waals surface area contributed by atoms with E-state index in [1.807, 2.05) is 6.07 Å². The topological polar surface area (TPSA) is 52.3 Å². The maximum atomic E-state index is 12.8. The Morgan fingerprint density at radius 1 is 1.39 bits per heavy atom. The minimum absolute atomic E-state index is 0.0607. The van der Waals surface area contributed by atoms with E-state index in [1.54, 1.807) is 31.2 Å². The van der Waals surface area contributed by atoms with Gasteiger partial charge in [-0.05, 0) is 6.92 Å². The molecule has 0 aliphatic heterocycles. The highest BCUT2D eigenvalue weighted by Crippen LogP contribution is 2.26. The van der Waals surface area contributed by atoms with Crippen molar-refractivity contribution in [3.63, 3.8) is 0 Å². The largest absolute Gasteiger partial charge is 0.462 e. The summed E-state index contributed by atoms with van der Waals surface area (Å²) in [6.07, 6.45) is 0. The maximum absolute atomic E-state index is 12.8. The Labute approximate surface area is 103 Å². The molecule has 2 rings (SSSR count). The first-order valence-corrected chi connectivity index (χ1v) is 5.55. The molecule has 0 aliphatic carbocycles. The molecule has 0 fully saturated rings. The lowest BCUT2D eigenvalue weighted by Crippen LogP contribution is -2.07. The van der Waals surface area contributed by atoms with Gasteiger partial charge in [-0.25, -0.2) is 9.18 Å². The van der Waals surface area contributed by atoms with Gasteiger partial charge in [-0.15, -0.1) is 0 Å². The summed E-state index contributed by atoms with van der Waals surface area (Å²) in [5, 5.41) is 3.74. The molecular weight excluding hydrogens is 237 g/mol. The van der Waals surface area contributed by atoms with Crippen LogP contribution >= 0.6 is 0 Å². The normalized spacial score (nSPS) is 10.3. The number of alkyl halides is 1. The van der Waals surface area contributed by atoms with E-state index in [0.717, 1.165) is 0 Å². The van der Waals surface area contributed by atoms with Crippen molar-refractivity contribution in [3.05, 3.63) is 41.7 Å². The summed E-state index contributed by atoms with van der Waals surface area (Å²) < 4.78 is 22.5. The summed E-state index contributed by atoms with van der Waals surface area (Å²) in [7, 11) is 0. The lowest BCUT2D eigenvalue weighted by Gasteiger charge is -2.02. The maximum Gasteiger partial charge on any atom is 0.344 e. The molecule has 0 radical (unpaired) electrons. The van der Waals surface area contributed by atoms with Gasteiger partial charge < -0.3 is 9.26 Å². The molecule has 94 valence electrons. The van der Waals surface area contributed by atoms with Gasteiger partial charge in [-0.2, -0.15) is 0 Å². The molecule has 1 aromatic carbocycles. The number of benzene rings is 1. The highest BCUT2D eigenvalue weighted by atomic mass is 19.1. The smallest absolute Gasteiger partial charge is 0.344 e. The van der Waals surface area contributed by atoms with Gasteiger partial charge in [0, 0.05) is 5.56 Å². The highest BCUT2D eigenvalue weighted by Gasteiger charge is 2.24. The van der Waals surface area contributed by atoms with Crippen molar-refractivity contribution >= 4 is 5.97 Å². The van der Waals surface area contributed by atoms with Gasteiger partial charge in [0.25, 0.3) is 0 Å². The third kappa shape index (κ3) is 2.25. The van der Waals surface area contributed by atoms with Crippen LogP contribution in [0.3, 0.4) is 0 Å². The highest BCUT2D eigenvalue weighted by molar-refractivity contribution is 5.97. The fraction of sp³-hybridized carbons (Fsp3) is 0.231. The predicted octanol–water partition coefficient (Wildman–Crippen LogP) is 2.99. The number of hydrogen-bond donors (Lipinski definition) is 0. The zero-order valence-electron chi connectivity index (χ0n) is 9.85. The van der Waals surface area contributed by atoms with E-state index in [2.05, 4.69) is 5.16 Å². The molecule has 4 nitrogen and oxygen atoms in total. The van der Waals surface area contributed by atoms with Crippen LogP contribution in [0, 0.1) is 0 Å². The van der Waals surface area contributed by atoms with Crippen LogP contribution in [0.4, 0.5) is 4.39 Å². The monoisotopic (exact) mass is 249 g/mol. The van der Waals surface area contributed by atoms with Crippen molar-refractivity contribution in [3.8, 4) is 11.3 Å². The van der Waals surface area contributed by atoms with Gasteiger partial charge >= 0.3 is 5.97 Å². The van der Waals surface area contributed by atoms with Crippen molar-refractivity contribution in [1.82, 2.24) is 5.16 Å². The fourth-order valence-corrected chi connectivity index (χ4v) is 1.62. The summed E-state index contributed by atoms with van der Waals surface area (Å²) in [6.45, 7) is 1.00. The summed E-state index contributed by atoms with van der Waals surface area (Å²) in [5.41, 5.74) is 1.05. The molecule has 0 N–H and O–H groups in total. The molecule has 0 aliphatic rings. The standard InChI is InChI=1S/C13H12FNO3/c1-2-17-13(16)11-10(8-14)18-15-12(11)9-6-4-3-5-7-9/h3-7H,2,8H2,1H3. The number of rotatable bonds is 4. The van der Waals surface area contributed by atoms with Crippen LogP contribution in [0.1, 0.15) is 23.0 Å². The first-order valence-electron chi connectivity index (χ1n) is 5.55. The van der Waals surface area contributed by atoms with Gasteiger partial charge in [0.05, 0.1) is 6.61 Å². The second-order valence-corrected chi connectivity index (χ2v) is 3.55. The first-order chi connectivity index (χ1) is 8.77. The van der Waals surface area contributed by atoms with Gasteiger partial charge in [0.1, 0.15) is 11.3 Å². The number of esters is 1. The van der Waals surface area contributed by atoms with E-state index in [4.69, 9.17) is 9.26 Å². The molecule has 18 heavy (non-hydrogen) atoms. The molecule has 0 amide bonds. The van der Waals surface area contributed by atoms with Crippen LogP contribution in [0.25, 0.3) is 11.3 Å². The van der Waals surface area contributed by atoms with Crippen molar-refractivity contribution in [2.75, 3.05) is 6.61 Å². The quantitative estimate of drug-likeness (QED) is 0.781. The molecule has 2 aromatic rings. The Balaban J connectivity index is 2.49. The molecule has 0 bridgehead atoms. The number of aromatic nitrogens is 1. The summed E-state index contributed by atoms with van der Waals surface area (Å²) in [6, 6.07) is 8.97. The minimum Gasteiger partial charge on any atom is -0.462 e. The molecule has 0 unspecified atom stereocenters. The number of carbonyl (C=O) groups excluding carboxylic acids is 1. The molecule has 0 saturated carbocycles. The van der Waals surface area contributed by atoms with Gasteiger partial charge in [-0.1, -0.05) is 35.5 Å². The number of ether oxygens (including phenoxy) is 1. The number of carbonyl (C=O) groups is 1. The van der Waals surface area contributed by atoms with E-state index >= 15 is 0 Å².